The lowest BCUT2D eigenvalue weighted by Gasteiger charge is -2.23. The Hall–Kier alpha value is -3.91. The minimum absolute atomic E-state index is 0.243. The van der Waals surface area contributed by atoms with Crippen LogP contribution in [0.2, 0.25) is 0 Å². The SMILES string of the molecule is CC1=C(C(=O)Nc2ccccc2C)C(c2ccc(C)o2)n2c(s/c(=C/c3ccoc3)c2=O)=N1. The molecule has 166 valence electrons. The maximum atomic E-state index is 13.5. The number of aromatic nitrogens is 1. The van der Waals surface area contributed by atoms with E-state index in [1.54, 1.807) is 37.7 Å². The number of benzene rings is 1. The second-order valence-electron chi connectivity index (χ2n) is 7.86. The molecule has 4 heterocycles. The third-order valence-corrected chi connectivity index (χ3v) is 6.51. The number of amides is 1. The van der Waals surface area contributed by atoms with Crippen LogP contribution >= 0.6 is 11.3 Å². The maximum Gasteiger partial charge on any atom is 0.271 e. The quantitative estimate of drug-likeness (QED) is 0.504. The first-order chi connectivity index (χ1) is 15.9. The first-order valence-corrected chi connectivity index (χ1v) is 11.2. The topological polar surface area (TPSA) is 89.7 Å². The van der Waals surface area contributed by atoms with Crippen LogP contribution in [0.1, 0.15) is 35.6 Å². The van der Waals surface area contributed by atoms with Crippen molar-refractivity contribution in [1.29, 1.82) is 0 Å². The van der Waals surface area contributed by atoms with Crippen LogP contribution in [-0.4, -0.2) is 10.5 Å². The van der Waals surface area contributed by atoms with Crippen molar-refractivity contribution in [1.82, 2.24) is 4.57 Å². The molecule has 4 aromatic rings. The highest BCUT2D eigenvalue weighted by atomic mass is 32.1. The fourth-order valence-corrected chi connectivity index (χ4v) is 4.94. The number of furan rings is 2. The van der Waals surface area contributed by atoms with Gasteiger partial charge in [-0.2, -0.15) is 0 Å². The summed E-state index contributed by atoms with van der Waals surface area (Å²) < 4.78 is 13.1. The van der Waals surface area contributed by atoms with E-state index in [9.17, 15) is 9.59 Å². The smallest absolute Gasteiger partial charge is 0.271 e. The van der Waals surface area contributed by atoms with Gasteiger partial charge in [0.1, 0.15) is 17.6 Å². The van der Waals surface area contributed by atoms with E-state index >= 15 is 0 Å². The molecule has 0 spiro atoms. The average molecular weight is 460 g/mol. The molecule has 0 radical (unpaired) electrons. The molecule has 1 unspecified atom stereocenters. The van der Waals surface area contributed by atoms with Gasteiger partial charge in [0.25, 0.3) is 11.5 Å². The molecular formula is C25H21N3O4S. The lowest BCUT2D eigenvalue weighted by molar-refractivity contribution is -0.113. The average Bonchev–Trinajstić information content (AvgIpc) is 3.51. The lowest BCUT2D eigenvalue weighted by atomic mass is 10.00. The molecule has 1 aromatic carbocycles. The second kappa shape index (κ2) is 8.22. The van der Waals surface area contributed by atoms with E-state index in [2.05, 4.69) is 10.3 Å². The van der Waals surface area contributed by atoms with E-state index in [-0.39, 0.29) is 11.5 Å². The molecule has 3 aromatic heterocycles. The number of aryl methyl sites for hydroxylation is 2. The summed E-state index contributed by atoms with van der Waals surface area (Å²) in [7, 11) is 0. The first kappa shape index (κ1) is 21.0. The Kier molecular flexibility index (Phi) is 5.22. The van der Waals surface area contributed by atoms with Gasteiger partial charge in [-0.15, -0.1) is 0 Å². The van der Waals surface area contributed by atoms with Crippen molar-refractivity contribution in [2.75, 3.05) is 5.32 Å². The van der Waals surface area contributed by atoms with Crippen LogP contribution in [0.3, 0.4) is 0 Å². The Morgan fingerprint density at radius 1 is 1.15 bits per heavy atom. The van der Waals surface area contributed by atoms with Crippen molar-refractivity contribution >= 4 is 29.0 Å². The number of hydrogen-bond acceptors (Lipinski definition) is 6. The molecule has 1 atom stereocenters. The number of nitrogens with one attached hydrogen (secondary N) is 1. The summed E-state index contributed by atoms with van der Waals surface area (Å²) in [6.07, 6.45) is 4.87. The van der Waals surface area contributed by atoms with Crippen molar-refractivity contribution in [3.05, 3.63) is 109 Å². The number of nitrogens with zero attached hydrogens (tertiary/aromatic N) is 2. The summed E-state index contributed by atoms with van der Waals surface area (Å²) in [5.41, 5.74) is 3.08. The molecule has 0 aliphatic carbocycles. The molecule has 0 bridgehead atoms. The van der Waals surface area contributed by atoms with Crippen molar-refractivity contribution < 1.29 is 13.6 Å². The molecule has 7 nitrogen and oxygen atoms in total. The zero-order valence-corrected chi connectivity index (χ0v) is 19.1. The Bertz CT molecular complexity index is 1570. The summed E-state index contributed by atoms with van der Waals surface area (Å²) in [5, 5.41) is 2.98. The van der Waals surface area contributed by atoms with Crippen molar-refractivity contribution in [3.63, 3.8) is 0 Å². The van der Waals surface area contributed by atoms with Gasteiger partial charge in [-0.3, -0.25) is 14.2 Å². The molecule has 33 heavy (non-hydrogen) atoms. The highest BCUT2D eigenvalue weighted by Gasteiger charge is 2.34. The fraction of sp³-hybridized carbons (Fsp3) is 0.160. The fourth-order valence-electron chi connectivity index (χ4n) is 3.89. The van der Waals surface area contributed by atoms with Crippen LogP contribution in [0.4, 0.5) is 5.69 Å². The Morgan fingerprint density at radius 2 is 1.97 bits per heavy atom. The van der Waals surface area contributed by atoms with Gasteiger partial charge in [0, 0.05) is 11.3 Å². The van der Waals surface area contributed by atoms with Crippen LogP contribution in [0, 0.1) is 13.8 Å². The molecule has 0 saturated heterocycles. The number of anilines is 1. The van der Waals surface area contributed by atoms with E-state index in [4.69, 9.17) is 8.83 Å². The van der Waals surface area contributed by atoms with Gasteiger partial charge in [0.05, 0.1) is 28.3 Å². The number of carbonyl (C=O) groups excluding carboxylic acids is 1. The molecule has 8 heteroatoms. The van der Waals surface area contributed by atoms with Gasteiger partial charge in [-0.1, -0.05) is 29.5 Å². The number of hydrogen-bond donors (Lipinski definition) is 1. The van der Waals surface area contributed by atoms with Gasteiger partial charge in [0.2, 0.25) is 0 Å². The maximum absolute atomic E-state index is 13.5. The third kappa shape index (κ3) is 3.78. The van der Waals surface area contributed by atoms with E-state index < -0.39 is 6.04 Å². The Balaban J connectivity index is 1.67. The number of thiazole rings is 1. The van der Waals surface area contributed by atoms with E-state index in [0.29, 0.717) is 37.8 Å². The van der Waals surface area contributed by atoms with Crippen molar-refractivity contribution in [3.8, 4) is 0 Å². The zero-order valence-electron chi connectivity index (χ0n) is 18.3. The van der Waals surface area contributed by atoms with E-state index in [1.165, 1.54) is 15.9 Å². The standard InChI is InChI=1S/C25H21N3O4S/c1-14-6-4-5-7-18(14)27-23(29)21-16(3)26-25-28(22(21)19-9-8-15(2)32-19)24(30)20(33-25)12-17-10-11-31-13-17/h4-13,22H,1-3H3,(H,27,29)/b20-12+. The van der Waals surface area contributed by atoms with Crippen LogP contribution in [0.5, 0.6) is 0 Å². The second-order valence-corrected chi connectivity index (χ2v) is 8.87. The summed E-state index contributed by atoms with van der Waals surface area (Å²) in [6.45, 7) is 5.54. The molecular weight excluding hydrogens is 438 g/mol. The van der Waals surface area contributed by atoms with Gasteiger partial charge in [-0.05, 0) is 56.7 Å². The van der Waals surface area contributed by atoms with E-state index in [0.717, 1.165) is 11.1 Å². The van der Waals surface area contributed by atoms with Crippen LogP contribution < -0.4 is 20.2 Å². The minimum atomic E-state index is -0.731. The normalized spacial score (nSPS) is 16.0. The highest BCUT2D eigenvalue weighted by Crippen LogP contribution is 2.32. The zero-order chi connectivity index (χ0) is 23.1. The molecule has 0 saturated carbocycles. The predicted octanol–water partition coefficient (Wildman–Crippen LogP) is 3.68. The number of carbonyl (C=O) groups is 1. The number of fused-ring (bicyclic) bond motifs is 1. The lowest BCUT2D eigenvalue weighted by Crippen LogP contribution is -2.40. The van der Waals surface area contributed by atoms with Gasteiger partial charge in [-0.25, -0.2) is 4.99 Å². The van der Waals surface area contributed by atoms with Crippen LogP contribution in [0.25, 0.3) is 6.08 Å². The molecule has 0 fully saturated rings. The minimum Gasteiger partial charge on any atom is -0.472 e. The van der Waals surface area contributed by atoms with Crippen LogP contribution in [0.15, 0.2) is 84.9 Å². The van der Waals surface area contributed by atoms with Gasteiger partial charge >= 0.3 is 0 Å². The van der Waals surface area contributed by atoms with Crippen LogP contribution in [-0.2, 0) is 4.79 Å². The van der Waals surface area contributed by atoms with Gasteiger partial charge < -0.3 is 14.2 Å². The van der Waals surface area contributed by atoms with Crippen molar-refractivity contribution in [2.45, 2.75) is 26.8 Å². The number of para-hydroxylation sites is 1. The van der Waals surface area contributed by atoms with E-state index in [1.807, 2.05) is 44.2 Å². The summed E-state index contributed by atoms with van der Waals surface area (Å²) >= 11 is 1.27. The molecule has 5 rings (SSSR count). The third-order valence-electron chi connectivity index (χ3n) is 5.53. The number of rotatable bonds is 4. The predicted molar refractivity (Wildman–Crippen MR) is 126 cm³/mol. The highest BCUT2D eigenvalue weighted by molar-refractivity contribution is 7.07. The molecule has 1 aliphatic heterocycles. The first-order valence-electron chi connectivity index (χ1n) is 10.4. The molecule has 1 amide bonds. The molecule has 1 N–H and O–H groups in total. The van der Waals surface area contributed by atoms with Crippen molar-refractivity contribution in [2.24, 2.45) is 4.99 Å². The summed E-state index contributed by atoms with van der Waals surface area (Å²) in [5.74, 6) is 0.875. The summed E-state index contributed by atoms with van der Waals surface area (Å²) in [6, 6.07) is 12.2. The Labute approximate surface area is 193 Å². The van der Waals surface area contributed by atoms with Gasteiger partial charge in [0.15, 0.2) is 4.80 Å². The monoisotopic (exact) mass is 459 g/mol. The summed E-state index contributed by atoms with van der Waals surface area (Å²) in [4.78, 5) is 32.1. The number of allylic oxidation sites excluding steroid dienone is 1. The Morgan fingerprint density at radius 3 is 2.67 bits per heavy atom. The molecule has 1 aliphatic rings. The largest absolute Gasteiger partial charge is 0.472 e.